The maximum absolute atomic E-state index is 12.3. The number of benzene rings is 2. The van der Waals surface area contributed by atoms with E-state index >= 15 is 0 Å². The zero-order valence-electron chi connectivity index (χ0n) is 16.4. The Bertz CT molecular complexity index is 755. The molecule has 140 valence electrons. The van der Waals surface area contributed by atoms with E-state index in [4.69, 9.17) is 9.47 Å². The van der Waals surface area contributed by atoms with Crippen LogP contribution in [0.2, 0.25) is 0 Å². The van der Waals surface area contributed by atoms with Gasteiger partial charge in [0.25, 0.3) is 5.91 Å². The normalized spacial score (nSPS) is 11.7. The third-order valence-corrected chi connectivity index (χ3v) is 4.57. The van der Waals surface area contributed by atoms with Crippen LogP contribution in [0.1, 0.15) is 35.6 Å². The quantitative estimate of drug-likeness (QED) is 0.719. The number of carbonyl (C=O) groups is 1. The van der Waals surface area contributed by atoms with Gasteiger partial charge >= 0.3 is 0 Å². The van der Waals surface area contributed by atoms with Crippen molar-refractivity contribution in [2.75, 3.05) is 13.2 Å². The van der Waals surface area contributed by atoms with Crippen molar-refractivity contribution < 1.29 is 14.3 Å². The summed E-state index contributed by atoms with van der Waals surface area (Å²) in [5.41, 5.74) is 4.79. The average molecular weight is 355 g/mol. The van der Waals surface area contributed by atoms with Crippen molar-refractivity contribution in [3.63, 3.8) is 0 Å². The molecule has 1 unspecified atom stereocenters. The van der Waals surface area contributed by atoms with E-state index in [9.17, 15) is 4.79 Å². The molecule has 0 aliphatic rings. The zero-order chi connectivity index (χ0) is 19.1. The lowest BCUT2D eigenvalue weighted by Crippen LogP contribution is -2.39. The van der Waals surface area contributed by atoms with Gasteiger partial charge in [-0.1, -0.05) is 19.1 Å². The summed E-state index contributed by atoms with van der Waals surface area (Å²) < 4.78 is 11.5. The number of ether oxygens (including phenoxy) is 2. The van der Waals surface area contributed by atoms with Gasteiger partial charge in [0.2, 0.25) is 0 Å². The van der Waals surface area contributed by atoms with E-state index in [1.165, 1.54) is 16.7 Å². The summed E-state index contributed by atoms with van der Waals surface area (Å²) in [6.07, 6.45) is 0.107. The van der Waals surface area contributed by atoms with Crippen molar-refractivity contribution in [3.05, 3.63) is 58.7 Å². The minimum atomic E-state index is -0.501. The minimum absolute atomic E-state index is 0.116. The second-order valence-electron chi connectivity index (χ2n) is 6.65. The van der Waals surface area contributed by atoms with Gasteiger partial charge in [-0.3, -0.25) is 4.79 Å². The van der Waals surface area contributed by atoms with Crippen LogP contribution in [0.3, 0.4) is 0 Å². The summed E-state index contributed by atoms with van der Waals surface area (Å²) in [6, 6.07) is 11.9. The molecule has 1 amide bonds. The molecular weight excluding hydrogens is 326 g/mol. The maximum Gasteiger partial charge on any atom is 0.261 e. The van der Waals surface area contributed by atoms with Gasteiger partial charge in [0, 0.05) is 0 Å². The van der Waals surface area contributed by atoms with Crippen LogP contribution in [0.5, 0.6) is 11.5 Å². The lowest BCUT2D eigenvalue weighted by molar-refractivity contribution is -0.128. The number of hydrogen-bond acceptors (Lipinski definition) is 3. The minimum Gasteiger partial charge on any atom is -0.492 e. The Morgan fingerprint density at radius 2 is 1.50 bits per heavy atom. The summed E-state index contributed by atoms with van der Waals surface area (Å²) in [5.74, 6) is 1.43. The van der Waals surface area contributed by atoms with Crippen LogP contribution in [-0.2, 0) is 4.79 Å². The fourth-order valence-corrected chi connectivity index (χ4v) is 2.53. The molecule has 0 aromatic heterocycles. The van der Waals surface area contributed by atoms with Crippen LogP contribution < -0.4 is 14.8 Å². The topological polar surface area (TPSA) is 47.6 Å². The summed E-state index contributed by atoms with van der Waals surface area (Å²) >= 11 is 0. The molecule has 0 spiro atoms. The molecule has 0 fully saturated rings. The zero-order valence-corrected chi connectivity index (χ0v) is 16.4. The molecule has 0 saturated heterocycles. The van der Waals surface area contributed by atoms with Crippen molar-refractivity contribution in [3.8, 4) is 11.5 Å². The van der Waals surface area contributed by atoms with Gasteiger partial charge in [0.15, 0.2) is 6.10 Å². The number of hydrogen-bond donors (Lipinski definition) is 1. The largest absolute Gasteiger partial charge is 0.492 e. The molecule has 2 aromatic carbocycles. The number of aryl methyl sites for hydroxylation is 4. The van der Waals surface area contributed by atoms with Crippen LogP contribution in [0, 0.1) is 27.7 Å². The van der Waals surface area contributed by atoms with Gasteiger partial charge in [-0.25, -0.2) is 0 Å². The van der Waals surface area contributed by atoms with E-state index < -0.39 is 6.10 Å². The van der Waals surface area contributed by atoms with Gasteiger partial charge in [0.1, 0.15) is 18.1 Å². The molecule has 0 aliphatic carbocycles. The van der Waals surface area contributed by atoms with E-state index in [0.29, 0.717) is 19.6 Å². The fraction of sp³-hybridized carbons (Fsp3) is 0.409. The Morgan fingerprint density at radius 3 is 2.08 bits per heavy atom. The second-order valence-corrected chi connectivity index (χ2v) is 6.65. The predicted molar refractivity (Wildman–Crippen MR) is 105 cm³/mol. The number of carbonyl (C=O) groups excluding carboxylic acids is 1. The molecule has 0 heterocycles. The molecule has 1 N–H and O–H groups in total. The van der Waals surface area contributed by atoms with Crippen LogP contribution in [0.15, 0.2) is 36.4 Å². The second kappa shape index (κ2) is 9.27. The van der Waals surface area contributed by atoms with Crippen LogP contribution in [-0.4, -0.2) is 25.2 Å². The van der Waals surface area contributed by atoms with Gasteiger partial charge in [-0.05, 0) is 80.6 Å². The smallest absolute Gasteiger partial charge is 0.261 e. The third-order valence-electron chi connectivity index (χ3n) is 4.57. The first-order valence-corrected chi connectivity index (χ1v) is 9.12. The van der Waals surface area contributed by atoms with E-state index in [1.807, 2.05) is 50.2 Å². The first-order valence-electron chi connectivity index (χ1n) is 9.12. The van der Waals surface area contributed by atoms with Crippen LogP contribution in [0.25, 0.3) is 0 Å². The van der Waals surface area contributed by atoms with Crippen molar-refractivity contribution in [1.29, 1.82) is 0 Å². The summed E-state index contributed by atoms with van der Waals surface area (Å²) in [5, 5.41) is 2.89. The molecule has 4 heteroatoms. The first kappa shape index (κ1) is 19.8. The van der Waals surface area contributed by atoms with Gasteiger partial charge in [-0.15, -0.1) is 0 Å². The molecule has 0 saturated carbocycles. The first-order chi connectivity index (χ1) is 12.4. The molecule has 0 bridgehead atoms. The van der Waals surface area contributed by atoms with Crippen molar-refractivity contribution in [2.45, 2.75) is 47.1 Å². The third kappa shape index (κ3) is 5.51. The Labute approximate surface area is 156 Å². The van der Waals surface area contributed by atoms with Crippen molar-refractivity contribution >= 4 is 5.91 Å². The maximum atomic E-state index is 12.3. The highest BCUT2D eigenvalue weighted by atomic mass is 16.5. The Balaban J connectivity index is 1.81. The standard InChI is InChI=1S/C22H29NO3/c1-6-21(26-20-10-8-16(3)18(5)14-20)22(24)23-11-12-25-19-9-7-15(2)17(4)13-19/h7-10,13-14,21H,6,11-12H2,1-5H3,(H,23,24). The van der Waals surface area contributed by atoms with Crippen molar-refractivity contribution in [2.24, 2.45) is 0 Å². The summed E-state index contributed by atoms with van der Waals surface area (Å²) in [4.78, 5) is 12.3. The van der Waals surface area contributed by atoms with E-state index in [0.717, 1.165) is 17.1 Å². The molecule has 1 atom stereocenters. The Kier molecular flexibility index (Phi) is 7.07. The van der Waals surface area contributed by atoms with E-state index in [2.05, 4.69) is 26.1 Å². The molecular formula is C22H29NO3. The van der Waals surface area contributed by atoms with Gasteiger partial charge < -0.3 is 14.8 Å². The highest BCUT2D eigenvalue weighted by Crippen LogP contribution is 2.19. The highest BCUT2D eigenvalue weighted by Gasteiger charge is 2.18. The predicted octanol–water partition coefficient (Wildman–Crippen LogP) is 4.27. The van der Waals surface area contributed by atoms with Gasteiger partial charge in [-0.2, -0.15) is 0 Å². The fourth-order valence-electron chi connectivity index (χ4n) is 2.53. The summed E-state index contributed by atoms with van der Waals surface area (Å²) in [6.45, 7) is 11.0. The molecule has 2 aromatic rings. The molecule has 2 rings (SSSR count). The highest BCUT2D eigenvalue weighted by molar-refractivity contribution is 5.81. The Morgan fingerprint density at radius 1 is 0.923 bits per heavy atom. The monoisotopic (exact) mass is 355 g/mol. The molecule has 4 nitrogen and oxygen atoms in total. The van der Waals surface area contributed by atoms with Crippen LogP contribution in [0.4, 0.5) is 0 Å². The lowest BCUT2D eigenvalue weighted by atomic mass is 10.1. The molecule has 0 aliphatic heterocycles. The molecule has 26 heavy (non-hydrogen) atoms. The number of rotatable bonds is 8. The van der Waals surface area contributed by atoms with E-state index in [1.54, 1.807) is 0 Å². The average Bonchev–Trinajstić information content (AvgIpc) is 2.62. The SMILES string of the molecule is CCC(Oc1ccc(C)c(C)c1)C(=O)NCCOc1ccc(C)c(C)c1. The Hall–Kier alpha value is -2.49. The van der Waals surface area contributed by atoms with Crippen LogP contribution >= 0.6 is 0 Å². The molecule has 0 radical (unpaired) electrons. The number of nitrogens with one attached hydrogen (secondary N) is 1. The summed E-state index contributed by atoms with van der Waals surface area (Å²) in [7, 11) is 0. The van der Waals surface area contributed by atoms with E-state index in [-0.39, 0.29) is 5.91 Å². The van der Waals surface area contributed by atoms with Gasteiger partial charge in [0.05, 0.1) is 6.54 Å². The van der Waals surface area contributed by atoms with Crippen molar-refractivity contribution in [1.82, 2.24) is 5.32 Å². The number of amides is 1. The lowest BCUT2D eigenvalue weighted by Gasteiger charge is -2.18.